The second-order valence-corrected chi connectivity index (χ2v) is 9.23. The number of ether oxygens (including phenoxy) is 2. The van der Waals surface area contributed by atoms with Gasteiger partial charge in [-0.1, -0.05) is 6.07 Å². The van der Waals surface area contributed by atoms with Crippen LogP contribution in [0.2, 0.25) is 0 Å². The standard InChI is InChI=1S/C23H32N2O4.CH2O2/c1-24(2)20-10-18-12-25(13-19(18)11-21(20)29-14-15-7-8-15)22(26)16-5-4-6-17(9-16)23(27)28-3;2-1-3/h4-6,9,15,18-21H,7-8,10-14H2,1-3H3;1H,(H,2,3)/t18-,19+,20-,21-;/m1./s1. The minimum Gasteiger partial charge on any atom is -0.483 e. The lowest BCUT2D eigenvalue weighted by Crippen LogP contribution is -2.48. The zero-order chi connectivity index (χ0) is 23.3. The van der Waals surface area contributed by atoms with Crippen LogP contribution in [0, 0.1) is 17.8 Å². The molecule has 1 aromatic rings. The van der Waals surface area contributed by atoms with Gasteiger partial charge in [-0.2, -0.15) is 0 Å². The molecule has 3 aliphatic rings. The highest BCUT2D eigenvalue weighted by molar-refractivity contribution is 5.98. The number of esters is 1. The molecule has 0 unspecified atom stereocenters. The lowest BCUT2D eigenvalue weighted by molar-refractivity contribution is -0.122. The molecular weight excluding hydrogens is 412 g/mol. The molecular formula is C24H34N2O6. The molecule has 0 bridgehead atoms. The topological polar surface area (TPSA) is 96.4 Å². The Kier molecular flexibility index (Phi) is 8.26. The third-order valence-electron chi connectivity index (χ3n) is 6.81. The Balaban J connectivity index is 0.000000913. The quantitative estimate of drug-likeness (QED) is 0.529. The van der Waals surface area contributed by atoms with E-state index < -0.39 is 5.97 Å². The van der Waals surface area contributed by atoms with E-state index in [9.17, 15) is 9.59 Å². The lowest BCUT2D eigenvalue weighted by Gasteiger charge is -2.41. The van der Waals surface area contributed by atoms with Gasteiger partial charge in [-0.25, -0.2) is 4.79 Å². The molecule has 0 radical (unpaired) electrons. The summed E-state index contributed by atoms with van der Waals surface area (Å²) in [4.78, 5) is 37.5. The molecule has 2 saturated carbocycles. The highest BCUT2D eigenvalue weighted by atomic mass is 16.5. The molecule has 32 heavy (non-hydrogen) atoms. The van der Waals surface area contributed by atoms with Crippen LogP contribution in [0.25, 0.3) is 0 Å². The van der Waals surface area contributed by atoms with Crippen molar-refractivity contribution in [2.75, 3.05) is 40.9 Å². The smallest absolute Gasteiger partial charge is 0.337 e. The second kappa shape index (κ2) is 10.9. The van der Waals surface area contributed by atoms with Crippen molar-refractivity contribution in [3.63, 3.8) is 0 Å². The van der Waals surface area contributed by atoms with Crippen molar-refractivity contribution in [2.45, 2.75) is 37.8 Å². The molecule has 0 aromatic heterocycles. The van der Waals surface area contributed by atoms with Crippen molar-refractivity contribution < 1.29 is 29.0 Å². The summed E-state index contributed by atoms with van der Waals surface area (Å²) in [5, 5.41) is 6.89. The van der Waals surface area contributed by atoms with Gasteiger partial charge >= 0.3 is 5.97 Å². The predicted octanol–water partition coefficient (Wildman–Crippen LogP) is 2.38. The summed E-state index contributed by atoms with van der Waals surface area (Å²) < 4.78 is 11.1. The molecule has 176 valence electrons. The molecule has 1 amide bonds. The van der Waals surface area contributed by atoms with Crippen molar-refractivity contribution >= 4 is 18.3 Å². The highest BCUT2D eigenvalue weighted by Gasteiger charge is 2.45. The largest absolute Gasteiger partial charge is 0.483 e. The number of carboxylic acid groups (broad SMARTS) is 1. The Morgan fingerprint density at radius 1 is 1.16 bits per heavy atom. The summed E-state index contributed by atoms with van der Waals surface area (Å²) in [6, 6.07) is 7.25. The van der Waals surface area contributed by atoms with Gasteiger partial charge in [-0.3, -0.25) is 9.59 Å². The van der Waals surface area contributed by atoms with E-state index in [1.54, 1.807) is 24.3 Å². The Morgan fingerprint density at radius 3 is 2.38 bits per heavy atom. The van der Waals surface area contributed by atoms with Crippen LogP contribution in [0.5, 0.6) is 0 Å². The van der Waals surface area contributed by atoms with Crippen LogP contribution in [0.4, 0.5) is 0 Å². The first-order valence-corrected chi connectivity index (χ1v) is 11.2. The summed E-state index contributed by atoms with van der Waals surface area (Å²) in [7, 11) is 5.62. The number of methoxy groups -OCH3 is 1. The number of benzene rings is 1. The van der Waals surface area contributed by atoms with Gasteiger partial charge in [-0.15, -0.1) is 0 Å². The normalized spacial score (nSPS) is 26.7. The fraction of sp³-hybridized carbons (Fsp3) is 0.625. The van der Waals surface area contributed by atoms with E-state index >= 15 is 0 Å². The van der Waals surface area contributed by atoms with Gasteiger partial charge in [0.05, 0.1) is 18.8 Å². The third-order valence-corrected chi connectivity index (χ3v) is 6.81. The molecule has 3 fully saturated rings. The average Bonchev–Trinajstić information content (AvgIpc) is 3.53. The Labute approximate surface area is 189 Å². The maximum Gasteiger partial charge on any atom is 0.337 e. The van der Waals surface area contributed by atoms with E-state index in [-0.39, 0.29) is 18.5 Å². The van der Waals surface area contributed by atoms with Crippen molar-refractivity contribution in [1.29, 1.82) is 0 Å². The van der Waals surface area contributed by atoms with Crippen molar-refractivity contribution in [3.05, 3.63) is 35.4 Å². The first-order valence-electron chi connectivity index (χ1n) is 11.2. The first kappa shape index (κ1) is 24.2. The monoisotopic (exact) mass is 446 g/mol. The number of carbonyl (C=O) groups excluding carboxylic acids is 2. The molecule has 1 heterocycles. The van der Waals surface area contributed by atoms with Gasteiger partial charge < -0.3 is 24.4 Å². The SMILES string of the molecule is COC(=O)c1cccc(C(=O)N2C[C@H]3C[C@@H](N(C)C)[C@H](OCC4CC4)C[C@H]3C2)c1.O=CO. The number of rotatable bonds is 6. The van der Waals surface area contributed by atoms with Crippen LogP contribution in [0.15, 0.2) is 24.3 Å². The molecule has 1 N–H and O–H groups in total. The highest BCUT2D eigenvalue weighted by Crippen LogP contribution is 2.40. The van der Waals surface area contributed by atoms with Gasteiger partial charge in [0.15, 0.2) is 0 Å². The van der Waals surface area contributed by atoms with Crippen molar-refractivity contribution in [3.8, 4) is 0 Å². The number of carbonyl (C=O) groups is 3. The fourth-order valence-corrected chi connectivity index (χ4v) is 4.90. The van der Waals surface area contributed by atoms with E-state index in [4.69, 9.17) is 19.4 Å². The molecule has 2 aliphatic carbocycles. The van der Waals surface area contributed by atoms with Crippen molar-refractivity contribution in [1.82, 2.24) is 9.80 Å². The molecule has 1 saturated heterocycles. The third kappa shape index (κ3) is 5.86. The number of likely N-dealkylation sites (N-methyl/N-ethyl adjacent to an activating group) is 1. The Morgan fingerprint density at radius 2 is 1.78 bits per heavy atom. The number of likely N-dealkylation sites (tertiary alicyclic amines) is 1. The van der Waals surface area contributed by atoms with Crippen molar-refractivity contribution in [2.24, 2.45) is 17.8 Å². The van der Waals surface area contributed by atoms with Crippen LogP contribution in [-0.4, -0.2) is 86.3 Å². The number of nitrogens with zero attached hydrogens (tertiary/aromatic N) is 2. The maximum absolute atomic E-state index is 13.1. The zero-order valence-corrected chi connectivity index (χ0v) is 19.1. The molecule has 1 aromatic carbocycles. The number of hydrogen-bond acceptors (Lipinski definition) is 6. The van der Waals surface area contributed by atoms with Gasteiger partial charge in [0.2, 0.25) is 0 Å². The summed E-state index contributed by atoms with van der Waals surface area (Å²) in [6.07, 6.45) is 4.95. The zero-order valence-electron chi connectivity index (χ0n) is 19.1. The molecule has 8 nitrogen and oxygen atoms in total. The number of hydrogen-bond donors (Lipinski definition) is 1. The summed E-state index contributed by atoms with van der Waals surface area (Å²) in [5.74, 6) is 1.35. The summed E-state index contributed by atoms with van der Waals surface area (Å²) >= 11 is 0. The van der Waals surface area contributed by atoms with Crippen LogP contribution in [-0.2, 0) is 14.3 Å². The fourth-order valence-electron chi connectivity index (χ4n) is 4.90. The predicted molar refractivity (Wildman–Crippen MR) is 119 cm³/mol. The lowest BCUT2D eigenvalue weighted by atomic mass is 9.77. The van der Waals surface area contributed by atoms with Gasteiger partial charge in [0.1, 0.15) is 0 Å². The summed E-state index contributed by atoms with van der Waals surface area (Å²) in [5.41, 5.74) is 0.966. The minimum atomic E-state index is -0.417. The van der Waals surface area contributed by atoms with Gasteiger partial charge in [-0.05, 0) is 75.7 Å². The van der Waals surface area contributed by atoms with Crippen LogP contribution in [0.1, 0.15) is 46.4 Å². The minimum absolute atomic E-state index is 0.00186. The van der Waals surface area contributed by atoms with E-state index in [0.717, 1.165) is 38.5 Å². The van der Waals surface area contributed by atoms with E-state index in [2.05, 4.69) is 19.0 Å². The van der Waals surface area contributed by atoms with E-state index in [1.807, 2.05) is 4.90 Å². The van der Waals surface area contributed by atoms with Gasteiger partial charge in [0.25, 0.3) is 12.4 Å². The molecule has 1 aliphatic heterocycles. The van der Waals surface area contributed by atoms with E-state index in [1.165, 1.54) is 20.0 Å². The second-order valence-electron chi connectivity index (χ2n) is 9.23. The van der Waals surface area contributed by atoms with Crippen LogP contribution < -0.4 is 0 Å². The van der Waals surface area contributed by atoms with Gasteiger partial charge in [0, 0.05) is 31.3 Å². The number of fused-ring (bicyclic) bond motifs is 1. The van der Waals surface area contributed by atoms with Crippen LogP contribution >= 0.6 is 0 Å². The van der Waals surface area contributed by atoms with Crippen LogP contribution in [0.3, 0.4) is 0 Å². The average molecular weight is 447 g/mol. The molecule has 0 spiro atoms. The molecule has 4 atom stereocenters. The molecule has 4 rings (SSSR count). The first-order chi connectivity index (χ1) is 15.4. The Hall–Kier alpha value is -2.45. The molecule has 8 heteroatoms. The maximum atomic E-state index is 13.1. The summed E-state index contributed by atoms with van der Waals surface area (Å²) in [6.45, 7) is 2.19. The number of amides is 1. The Bertz CT molecular complexity index is 809. The van der Waals surface area contributed by atoms with E-state index in [0.29, 0.717) is 29.0 Å².